The van der Waals surface area contributed by atoms with Gasteiger partial charge < -0.3 is 13.7 Å². The Morgan fingerprint density at radius 2 is 1.93 bits per heavy atom. The van der Waals surface area contributed by atoms with Crippen LogP contribution in [0.5, 0.6) is 0 Å². The standard InChI is InChI=1S/C21H20ClNO4S/c1-14-10-19(15(2)23(14)11-17-4-3-9-26-17)20(24)12-27-21(25)13-28-18-7-5-16(22)6-8-18/h3-10H,11-13H2,1-2H3. The number of benzene rings is 1. The first kappa shape index (κ1) is 20.3. The highest BCUT2D eigenvalue weighted by molar-refractivity contribution is 8.00. The molecular weight excluding hydrogens is 398 g/mol. The molecule has 0 fully saturated rings. The molecule has 0 N–H and O–H groups in total. The molecule has 2 heterocycles. The third-order valence-electron chi connectivity index (χ3n) is 4.30. The maximum absolute atomic E-state index is 12.5. The maximum atomic E-state index is 12.5. The van der Waals surface area contributed by atoms with E-state index in [1.165, 1.54) is 11.8 Å². The van der Waals surface area contributed by atoms with Crippen LogP contribution in [0.25, 0.3) is 0 Å². The quantitative estimate of drug-likeness (QED) is 0.296. The predicted octanol–water partition coefficient (Wildman–Crippen LogP) is 4.92. The van der Waals surface area contributed by atoms with Crippen molar-refractivity contribution in [1.29, 1.82) is 0 Å². The van der Waals surface area contributed by atoms with Crippen molar-refractivity contribution in [3.8, 4) is 0 Å². The first-order valence-electron chi connectivity index (χ1n) is 8.70. The fourth-order valence-electron chi connectivity index (χ4n) is 2.82. The van der Waals surface area contributed by atoms with Crippen LogP contribution < -0.4 is 0 Å². The smallest absolute Gasteiger partial charge is 0.316 e. The minimum Gasteiger partial charge on any atom is -0.467 e. The number of carbonyl (C=O) groups excluding carboxylic acids is 2. The number of Topliss-reactive ketones (excluding diaryl/α,β-unsaturated/α-hetero) is 1. The van der Waals surface area contributed by atoms with E-state index in [-0.39, 0.29) is 18.1 Å². The Bertz CT molecular complexity index is 961. The number of thioether (sulfide) groups is 1. The largest absolute Gasteiger partial charge is 0.467 e. The van der Waals surface area contributed by atoms with Gasteiger partial charge in [0.15, 0.2) is 6.61 Å². The van der Waals surface area contributed by atoms with E-state index in [4.69, 9.17) is 20.8 Å². The van der Waals surface area contributed by atoms with E-state index in [0.717, 1.165) is 22.0 Å². The number of aromatic nitrogens is 1. The van der Waals surface area contributed by atoms with Crippen LogP contribution in [-0.2, 0) is 16.1 Å². The van der Waals surface area contributed by atoms with Gasteiger partial charge in [0.2, 0.25) is 5.78 Å². The van der Waals surface area contributed by atoms with Crippen LogP contribution in [0.15, 0.2) is 58.0 Å². The fraction of sp³-hybridized carbons (Fsp3) is 0.238. The van der Waals surface area contributed by atoms with Crippen molar-refractivity contribution in [2.24, 2.45) is 0 Å². The molecule has 2 aromatic heterocycles. The second kappa shape index (κ2) is 9.17. The Labute approximate surface area is 172 Å². The zero-order valence-corrected chi connectivity index (χ0v) is 17.2. The number of aryl methyl sites for hydroxylation is 1. The van der Waals surface area contributed by atoms with Crippen molar-refractivity contribution in [2.75, 3.05) is 12.4 Å². The lowest BCUT2D eigenvalue weighted by atomic mass is 10.1. The van der Waals surface area contributed by atoms with E-state index < -0.39 is 5.97 Å². The summed E-state index contributed by atoms with van der Waals surface area (Å²) in [6, 6.07) is 12.7. The molecule has 0 aliphatic carbocycles. The number of ether oxygens (including phenoxy) is 1. The highest BCUT2D eigenvalue weighted by Gasteiger charge is 2.18. The minimum atomic E-state index is -0.433. The van der Waals surface area contributed by atoms with Crippen LogP contribution in [-0.4, -0.2) is 28.7 Å². The van der Waals surface area contributed by atoms with Gasteiger partial charge in [-0.05, 0) is 56.3 Å². The van der Waals surface area contributed by atoms with Gasteiger partial charge in [-0.2, -0.15) is 0 Å². The second-order valence-electron chi connectivity index (χ2n) is 6.28. The number of rotatable bonds is 8. The third-order valence-corrected chi connectivity index (χ3v) is 5.54. The highest BCUT2D eigenvalue weighted by atomic mass is 35.5. The van der Waals surface area contributed by atoms with Crippen molar-refractivity contribution >= 4 is 35.1 Å². The van der Waals surface area contributed by atoms with Crippen molar-refractivity contribution in [3.05, 3.63) is 76.5 Å². The lowest BCUT2D eigenvalue weighted by molar-refractivity contribution is -0.139. The van der Waals surface area contributed by atoms with Crippen molar-refractivity contribution < 1.29 is 18.7 Å². The van der Waals surface area contributed by atoms with Crippen molar-refractivity contribution in [3.63, 3.8) is 0 Å². The van der Waals surface area contributed by atoms with E-state index in [0.29, 0.717) is 17.1 Å². The molecule has 0 saturated carbocycles. The van der Waals surface area contributed by atoms with Gasteiger partial charge in [0.1, 0.15) is 5.76 Å². The maximum Gasteiger partial charge on any atom is 0.316 e. The van der Waals surface area contributed by atoms with Gasteiger partial charge in [-0.1, -0.05) is 11.6 Å². The molecule has 0 spiro atoms. The SMILES string of the molecule is Cc1cc(C(=O)COC(=O)CSc2ccc(Cl)cc2)c(C)n1Cc1ccco1. The molecule has 5 nitrogen and oxygen atoms in total. The Kier molecular flexibility index (Phi) is 6.65. The Balaban J connectivity index is 1.54. The van der Waals surface area contributed by atoms with Gasteiger partial charge in [-0.3, -0.25) is 9.59 Å². The molecule has 0 radical (unpaired) electrons. The van der Waals surface area contributed by atoms with Gasteiger partial charge in [0, 0.05) is 26.9 Å². The average molecular weight is 418 g/mol. The summed E-state index contributed by atoms with van der Waals surface area (Å²) >= 11 is 7.17. The molecule has 3 rings (SSSR count). The summed E-state index contributed by atoms with van der Waals surface area (Å²) in [5.41, 5.74) is 2.33. The van der Waals surface area contributed by atoms with E-state index in [2.05, 4.69) is 0 Å². The van der Waals surface area contributed by atoms with Gasteiger partial charge >= 0.3 is 5.97 Å². The van der Waals surface area contributed by atoms with Crippen LogP contribution in [0.3, 0.4) is 0 Å². The summed E-state index contributed by atoms with van der Waals surface area (Å²) in [6.45, 7) is 4.09. The summed E-state index contributed by atoms with van der Waals surface area (Å²) in [6.07, 6.45) is 1.62. The molecule has 0 atom stereocenters. The van der Waals surface area contributed by atoms with Crippen LogP contribution in [0.4, 0.5) is 0 Å². The Hall–Kier alpha value is -2.44. The number of hydrogen-bond acceptors (Lipinski definition) is 5. The number of ketones is 1. The molecule has 7 heteroatoms. The van der Waals surface area contributed by atoms with E-state index >= 15 is 0 Å². The minimum absolute atomic E-state index is 0.131. The fourth-order valence-corrected chi connectivity index (χ4v) is 3.65. The van der Waals surface area contributed by atoms with E-state index in [1.54, 1.807) is 18.4 Å². The lowest BCUT2D eigenvalue weighted by Gasteiger charge is -2.08. The molecule has 0 aliphatic rings. The number of carbonyl (C=O) groups is 2. The van der Waals surface area contributed by atoms with Gasteiger partial charge in [-0.25, -0.2) is 0 Å². The molecule has 3 aromatic rings. The normalized spacial score (nSPS) is 10.8. The zero-order chi connectivity index (χ0) is 20.1. The molecule has 0 saturated heterocycles. The predicted molar refractivity (Wildman–Crippen MR) is 109 cm³/mol. The summed E-state index contributed by atoms with van der Waals surface area (Å²) < 4.78 is 12.5. The van der Waals surface area contributed by atoms with Gasteiger partial charge in [0.05, 0.1) is 18.6 Å². The van der Waals surface area contributed by atoms with Crippen LogP contribution in [0, 0.1) is 13.8 Å². The highest BCUT2D eigenvalue weighted by Crippen LogP contribution is 2.21. The molecule has 146 valence electrons. The molecule has 0 bridgehead atoms. The van der Waals surface area contributed by atoms with Crippen LogP contribution in [0.1, 0.15) is 27.5 Å². The molecule has 28 heavy (non-hydrogen) atoms. The van der Waals surface area contributed by atoms with E-state index in [1.807, 2.05) is 48.7 Å². The number of nitrogens with zero attached hydrogens (tertiary/aromatic N) is 1. The van der Waals surface area contributed by atoms with Gasteiger partial charge in [-0.15, -0.1) is 11.8 Å². The first-order valence-corrected chi connectivity index (χ1v) is 10.1. The molecule has 1 aromatic carbocycles. The number of esters is 1. The molecular formula is C21H20ClNO4S. The average Bonchev–Trinajstić information content (AvgIpc) is 3.29. The number of furan rings is 1. The second-order valence-corrected chi connectivity index (χ2v) is 7.76. The lowest BCUT2D eigenvalue weighted by Crippen LogP contribution is -2.16. The van der Waals surface area contributed by atoms with Crippen LogP contribution >= 0.6 is 23.4 Å². The number of hydrogen-bond donors (Lipinski definition) is 0. The topological polar surface area (TPSA) is 61.4 Å². The summed E-state index contributed by atoms with van der Waals surface area (Å²) in [7, 11) is 0. The monoisotopic (exact) mass is 417 g/mol. The molecule has 0 aliphatic heterocycles. The summed E-state index contributed by atoms with van der Waals surface area (Å²) in [5.74, 6) is 0.291. The Morgan fingerprint density at radius 1 is 1.18 bits per heavy atom. The Morgan fingerprint density at radius 3 is 2.61 bits per heavy atom. The van der Waals surface area contributed by atoms with Gasteiger partial charge in [0.25, 0.3) is 0 Å². The van der Waals surface area contributed by atoms with E-state index in [9.17, 15) is 9.59 Å². The first-order chi connectivity index (χ1) is 13.4. The van der Waals surface area contributed by atoms with Crippen molar-refractivity contribution in [2.45, 2.75) is 25.3 Å². The number of halogens is 1. The summed E-state index contributed by atoms with van der Waals surface area (Å²) in [5, 5.41) is 0.641. The van der Waals surface area contributed by atoms with Crippen LogP contribution in [0.2, 0.25) is 5.02 Å². The molecule has 0 unspecified atom stereocenters. The summed E-state index contributed by atoms with van der Waals surface area (Å²) in [4.78, 5) is 25.4. The van der Waals surface area contributed by atoms with Crippen molar-refractivity contribution in [1.82, 2.24) is 4.57 Å². The zero-order valence-electron chi connectivity index (χ0n) is 15.6. The molecule has 0 amide bonds. The third kappa shape index (κ3) is 5.09.